The molecule has 1 atom stereocenters. The molecule has 0 saturated heterocycles. The highest BCUT2D eigenvalue weighted by atomic mass is 16.5. The van der Waals surface area contributed by atoms with Crippen LogP contribution < -0.4 is 0 Å². The van der Waals surface area contributed by atoms with Crippen molar-refractivity contribution in [2.24, 2.45) is 10.5 Å². The van der Waals surface area contributed by atoms with E-state index >= 15 is 0 Å². The SMILES string of the molecule is C.CC(C)(C)CC(N=[N+]=[N-])OC(C)(C)C. The average molecular weight is 215 g/mol. The highest BCUT2D eigenvalue weighted by Gasteiger charge is 2.23. The minimum absolute atomic E-state index is 0. The number of ether oxygens (including phenoxy) is 1. The zero-order valence-corrected chi connectivity index (χ0v) is 10.0. The van der Waals surface area contributed by atoms with Gasteiger partial charge in [0.2, 0.25) is 0 Å². The number of hydrogen-bond donors (Lipinski definition) is 0. The van der Waals surface area contributed by atoms with Crippen molar-refractivity contribution in [3.63, 3.8) is 0 Å². The van der Waals surface area contributed by atoms with E-state index in [2.05, 4.69) is 30.8 Å². The molecule has 0 aromatic heterocycles. The Hall–Kier alpha value is -0.730. The Kier molecular flexibility index (Phi) is 6.66. The van der Waals surface area contributed by atoms with Gasteiger partial charge in [-0.15, -0.1) is 0 Å². The maximum absolute atomic E-state index is 8.41. The van der Waals surface area contributed by atoms with Gasteiger partial charge in [0.25, 0.3) is 0 Å². The molecule has 0 saturated carbocycles. The summed E-state index contributed by atoms with van der Waals surface area (Å²) in [5, 5.41) is 3.65. The van der Waals surface area contributed by atoms with E-state index in [4.69, 9.17) is 10.3 Å². The zero-order valence-electron chi connectivity index (χ0n) is 10.0. The summed E-state index contributed by atoms with van der Waals surface area (Å²) in [4.78, 5) is 2.80. The molecule has 0 aromatic carbocycles. The third kappa shape index (κ3) is 11.2. The fraction of sp³-hybridized carbons (Fsp3) is 1.00. The average Bonchev–Trinajstić information content (AvgIpc) is 1.78. The van der Waals surface area contributed by atoms with Crippen molar-refractivity contribution in [1.29, 1.82) is 0 Å². The van der Waals surface area contributed by atoms with Crippen molar-refractivity contribution in [1.82, 2.24) is 0 Å². The lowest BCUT2D eigenvalue weighted by atomic mass is 9.91. The zero-order chi connectivity index (χ0) is 11.4. The largest absolute Gasteiger partial charge is 0.367 e. The molecule has 0 heterocycles. The van der Waals surface area contributed by atoms with E-state index in [9.17, 15) is 0 Å². The Morgan fingerprint density at radius 1 is 1.20 bits per heavy atom. The van der Waals surface area contributed by atoms with Gasteiger partial charge in [0, 0.05) is 4.91 Å². The highest BCUT2D eigenvalue weighted by molar-refractivity contribution is 4.71. The molecule has 90 valence electrons. The smallest absolute Gasteiger partial charge is 0.137 e. The van der Waals surface area contributed by atoms with Gasteiger partial charge in [0.15, 0.2) is 0 Å². The fourth-order valence-electron chi connectivity index (χ4n) is 1.10. The van der Waals surface area contributed by atoms with E-state index in [0.29, 0.717) is 0 Å². The summed E-state index contributed by atoms with van der Waals surface area (Å²) in [7, 11) is 0. The van der Waals surface area contributed by atoms with E-state index < -0.39 is 0 Å². The van der Waals surface area contributed by atoms with Crippen molar-refractivity contribution in [3.05, 3.63) is 10.4 Å². The lowest BCUT2D eigenvalue weighted by Crippen LogP contribution is -2.28. The van der Waals surface area contributed by atoms with Crippen molar-refractivity contribution < 1.29 is 4.74 Å². The normalized spacial score (nSPS) is 13.7. The van der Waals surface area contributed by atoms with Crippen molar-refractivity contribution >= 4 is 0 Å². The quantitative estimate of drug-likeness (QED) is 0.388. The van der Waals surface area contributed by atoms with Crippen LogP contribution >= 0.6 is 0 Å². The minimum atomic E-state index is -0.375. The van der Waals surface area contributed by atoms with Crippen LogP contribution in [0.25, 0.3) is 10.4 Å². The van der Waals surface area contributed by atoms with Crippen LogP contribution in [0.2, 0.25) is 0 Å². The van der Waals surface area contributed by atoms with Crippen LogP contribution in [-0.4, -0.2) is 11.8 Å². The van der Waals surface area contributed by atoms with Gasteiger partial charge in [0.1, 0.15) is 6.23 Å². The molecule has 0 spiro atoms. The first-order chi connectivity index (χ1) is 6.14. The van der Waals surface area contributed by atoms with Crippen LogP contribution in [0, 0.1) is 5.41 Å². The molecule has 0 N–H and O–H groups in total. The predicted octanol–water partition coefficient (Wildman–Crippen LogP) is 4.51. The van der Waals surface area contributed by atoms with Gasteiger partial charge >= 0.3 is 0 Å². The molecule has 0 fully saturated rings. The second kappa shape index (κ2) is 5.99. The third-order valence-corrected chi connectivity index (χ3v) is 1.46. The molecule has 15 heavy (non-hydrogen) atoms. The van der Waals surface area contributed by atoms with E-state index in [1.54, 1.807) is 0 Å². The number of azide groups is 1. The molecule has 0 rings (SSSR count). The van der Waals surface area contributed by atoms with Crippen LogP contribution in [0.1, 0.15) is 55.4 Å². The standard InChI is InChI=1S/C10H21N3O.CH4/c1-9(2,3)7-8(12-13-11)14-10(4,5)6;/h8H,7H2,1-6H3;1H4. The molecule has 4 heteroatoms. The molecule has 0 aliphatic heterocycles. The first-order valence-corrected chi connectivity index (χ1v) is 4.86. The lowest BCUT2D eigenvalue weighted by Gasteiger charge is -2.29. The Morgan fingerprint density at radius 3 is 1.93 bits per heavy atom. The summed E-state index contributed by atoms with van der Waals surface area (Å²) in [6.45, 7) is 12.2. The first kappa shape index (κ1) is 16.7. The van der Waals surface area contributed by atoms with Crippen LogP contribution in [-0.2, 0) is 4.74 Å². The van der Waals surface area contributed by atoms with Gasteiger partial charge in [-0.2, -0.15) is 0 Å². The van der Waals surface area contributed by atoms with Crippen LogP contribution in [0.4, 0.5) is 0 Å². The van der Waals surface area contributed by atoms with Gasteiger partial charge in [0.05, 0.1) is 5.60 Å². The Labute approximate surface area is 93.6 Å². The van der Waals surface area contributed by atoms with E-state index in [0.717, 1.165) is 6.42 Å². The maximum Gasteiger partial charge on any atom is 0.137 e. The number of rotatable bonds is 3. The molecular formula is C11H25N3O. The Morgan fingerprint density at radius 2 is 1.67 bits per heavy atom. The molecule has 0 aliphatic rings. The molecule has 4 nitrogen and oxygen atoms in total. The summed E-state index contributed by atoms with van der Waals surface area (Å²) in [6.07, 6.45) is 0.355. The fourth-order valence-corrected chi connectivity index (χ4v) is 1.10. The number of nitrogens with zero attached hydrogens (tertiary/aromatic N) is 3. The highest BCUT2D eigenvalue weighted by Crippen LogP contribution is 2.25. The van der Waals surface area contributed by atoms with Gasteiger partial charge < -0.3 is 4.74 Å². The number of hydrogen-bond acceptors (Lipinski definition) is 2. The van der Waals surface area contributed by atoms with E-state index in [-0.39, 0.29) is 24.7 Å². The predicted molar refractivity (Wildman–Crippen MR) is 64.6 cm³/mol. The van der Waals surface area contributed by atoms with Crippen LogP contribution in [0.15, 0.2) is 5.11 Å². The molecule has 0 bridgehead atoms. The molecule has 0 amide bonds. The Bertz CT molecular complexity index is 203. The van der Waals surface area contributed by atoms with Crippen LogP contribution in [0.5, 0.6) is 0 Å². The second-order valence-corrected chi connectivity index (χ2v) is 5.65. The first-order valence-electron chi connectivity index (χ1n) is 4.86. The molecule has 0 aliphatic carbocycles. The van der Waals surface area contributed by atoms with Gasteiger partial charge in [-0.1, -0.05) is 33.3 Å². The molecular weight excluding hydrogens is 190 g/mol. The Balaban J connectivity index is 0. The topological polar surface area (TPSA) is 58.0 Å². The summed E-state index contributed by atoms with van der Waals surface area (Å²) in [6, 6.07) is 0. The maximum atomic E-state index is 8.41. The monoisotopic (exact) mass is 215 g/mol. The summed E-state index contributed by atoms with van der Waals surface area (Å²) >= 11 is 0. The summed E-state index contributed by atoms with van der Waals surface area (Å²) < 4.78 is 5.63. The molecule has 1 unspecified atom stereocenters. The van der Waals surface area contributed by atoms with Crippen molar-refractivity contribution in [2.75, 3.05) is 0 Å². The van der Waals surface area contributed by atoms with E-state index in [1.165, 1.54) is 0 Å². The van der Waals surface area contributed by atoms with Gasteiger partial charge in [-0.05, 0) is 38.1 Å². The van der Waals surface area contributed by atoms with Crippen molar-refractivity contribution in [3.8, 4) is 0 Å². The molecule has 0 aromatic rings. The van der Waals surface area contributed by atoms with Crippen LogP contribution in [0.3, 0.4) is 0 Å². The third-order valence-electron chi connectivity index (χ3n) is 1.46. The molecule has 0 radical (unpaired) electrons. The van der Waals surface area contributed by atoms with Crippen molar-refractivity contribution in [2.45, 2.75) is 67.2 Å². The second-order valence-electron chi connectivity index (χ2n) is 5.65. The van der Waals surface area contributed by atoms with Gasteiger partial charge in [-0.25, -0.2) is 0 Å². The summed E-state index contributed by atoms with van der Waals surface area (Å²) in [5.41, 5.74) is 8.24. The lowest BCUT2D eigenvalue weighted by molar-refractivity contribution is -0.0704. The van der Waals surface area contributed by atoms with E-state index in [1.807, 2.05) is 20.8 Å². The van der Waals surface area contributed by atoms with Gasteiger partial charge in [-0.3, -0.25) is 0 Å². The summed E-state index contributed by atoms with van der Waals surface area (Å²) in [5.74, 6) is 0. The minimum Gasteiger partial charge on any atom is -0.367 e.